The largest absolute Gasteiger partial charge is 0.493 e. The van der Waals surface area contributed by atoms with E-state index in [-0.39, 0.29) is 23.9 Å². The molecule has 160 valence electrons. The number of hydrogen-bond acceptors (Lipinski definition) is 5. The molecule has 1 unspecified atom stereocenters. The lowest BCUT2D eigenvalue weighted by atomic mass is 10.1. The number of carbonyl (C=O) groups is 1. The number of quaternary nitrogens is 1. The van der Waals surface area contributed by atoms with E-state index in [1.807, 2.05) is 31.3 Å². The van der Waals surface area contributed by atoms with Crippen molar-refractivity contribution >= 4 is 16.9 Å². The van der Waals surface area contributed by atoms with E-state index in [1.54, 1.807) is 19.1 Å². The van der Waals surface area contributed by atoms with E-state index in [2.05, 4.69) is 4.74 Å². The number of carbonyl (C=O) groups excluding carboxylic acids is 1. The summed E-state index contributed by atoms with van der Waals surface area (Å²) >= 11 is 0. The van der Waals surface area contributed by atoms with E-state index in [4.69, 9.17) is 13.9 Å². The van der Waals surface area contributed by atoms with Crippen LogP contribution < -0.4 is 14.4 Å². The SMILES string of the molecule is CCOC(=O)c1oc2ccccc2c1C[NH+](C)Cc1ccc(OC(F)F)c(OC)c1. The van der Waals surface area contributed by atoms with Crippen LogP contribution in [0, 0.1) is 0 Å². The van der Waals surface area contributed by atoms with Crippen molar-refractivity contribution in [3.63, 3.8) is 0 Å². The maximum Gasteiger partial charge on any atom is 0.387 e. The lowest BCUT2D eigenvalue weighted by molar-refractivity contribution is -0.907. The zero-order valence-corrected chi connectivity index (χ0v) is 17.0. The standard InChI is InChI=1S/C22H23F2NO5/c1-4-28-21(26)20-16(15-7-5-6-8-17(15)29-20)13-25(2)12-14-9-10-18(30-22(23)24)19(11-14)27-3/h5-11,22H,4,12-13H2,1-3H3/p+1. The molecule has 30 heavy (non-hydrogen) atoms. The van der Waals surface area contributed by atoms with Gasteiger partial charge in [-0.15, -0.1) is 0 Å². The predicted octanol–water partition coefficient (Wildman–Crippen LogP) is 3.43. The van der Waals surface area contributed by atoms with Gasteiger partial charge in [0.15, 0.2) is 11.5 Å². The number of rotatable bonds is 9. The van der Waals surface area contributed by atoms with Gasteiger partial charge in [0.25, 0.3) is 0 Å². The highest BCUT2D eigenvalue weighted by Crippen LogP contribution is 2.29. The molecule has 3 rings (SSSR count). The Labute approximate surface area is 172 Å². The van der Waals surface area contributed by atoms with Crippen LogP contribution in [0.25, 0.3) is 11.0 Å². The Bertz CT molecular complexity index is 1020. The van der Waals surface area contributed by atoms with E-state index in [9.17, 15) is 13.6 Å². The second-order valence-corrected chi connectivity index (χ2v) is 6.80. The average Bonchev–Trinajstić information content (AvgIpc) is 3.07. The number of esters is 1. The Kier molecular flexibility index (Phi) is 6.89. The topological polar surface area (TPSA) is 62.3 Å². The first kappa shape index (κ1) is 21.6. The van der Waals surface area contributed by atoms with Crippen molar-refractivity contribution < 1.29 is 37.1 Å². The van der Waals surface area contributed by atoms with Crippen LogP contribution in [0.2, 0.25) is 0 Å². The quantitative estimate of drug-likeness (QED) is 0.538. The molecular formula is C22H24F2NO5+. The summed E-state index contributed by atoms with van der Waals surface area (Å²) in [5.41, 5.74) is 2.26. The first-order valence-corrected chi connectivity index (χ1v) is 9.53. The predicted molar refractivity (Wildman–Crippen MR) is 106 cm³/mol. The lowest BCUT2D eigenvalue weighted by Crippen LogP contribution is -3.06. The van der Waals surface area contributed by atoms with Crippen molar-refractivity contribution in [3.8, 4) is 11.5 Å². The number of furan rings is 1. The zero-order chi connectivity index (χ0) is 21.7. The van der Waals surface area contributed by atoms with E-state index in [0.717, 1.165) is 21.4 Å². The molecule has 3 aromatic rings. The third kappa shape index (κ3) is 4.88. The maximum atomic E-state index is 12.5. The number of para-hydroxylation sites is 1. The van der Waals surface area contributed by atoms with Crippen molar-refractivity contribution in [1.29, 1.82) is 0 Å². The molecule has 0 saturated carbocycles. The summed E-state index contributed by atoms with van der Waals surface area (Å²) in [6, 6.07) is 12.3. The molecule has 0 saturated heterocycles. The van der Waals surface area contributed by atoms with E-state index < -0.39 is 12.6 Å². The second-order valence-electron chi connectivity index (χ2n) is 6.80. The van der Waals surface area contributed by atoms with E-state index in [0.29, 0.717) is 18.7 Å². The zero-order valence-electron chi connectivity index (χ0n) is 17.0. The number of alkyl halides is 2. The Morgan fingerprint density at radius 3 is 2.60 bits per heavy atom. The van der Waals surface area contributed by atoms with Gasteiger partial charge in [-0.1, -0.05) is 18.2 Å². The fraction of sp³-hybridized carbons (Fsp3) is 0.318. The molecule has 0 aliphatic rings. The number of halogens is 2. The smallest absolute Gasteiger partial charge is 0.387 e. The molecule has 6 nitrogen and oxygen atoms in total. The number of fused-ring (bicyclic) bond motifs is 1. The monoisotopic (exact) mass is 420 g/mol. The van der Waals surface area contributed by atoms with Crippen LogP contribution in [0.5, 0.6) is 11.5 Å². The van der Waals surface area contributed by atoms with Gasteiger partial charge in [-0.3, -0.25) is 0 Å². The van der Waals surface area contributed by atoms with Crippen LogP contribution in [-0.2, 0) is 17.8 Å². The van der Waals surface area contributed by atoms with Gasteiger partial charge >= 0.3 is 12.6 Å². The molecule has 0 bridgehead atoms. The minimum absolute atomic E-state index is 0.0145. The highest BCUT2D eigenvalue weighted by Gasteiger charge is 2.24. The molecule has 1 heterocycles. The normalized spacial score (nSPS) is 12.2. The number of nitrogens with one attached hydrogen (secondary N) is 1. The molecule has 0 aliphatic heterocycles. The lowest BCUT2D eigenvalue weighted by Gasteiger charge is -2.16. The van der Waals surface area contributed by atoms with Gasteiger partial charge in [-0.2, -0.15) is 8.78 Å². The molecule has 1 atom stereocenters. The van der Waals surface area contributed by atoms with Crippen LogP contribution in [0.15, 0.2) is 46.9 Å². The van der Waals surface area contributed by atoms with Gasteiger partial charge in [0.05, 0.1) is 26.3 Å². The molecule has 1 N–H and O–H groups in total. The van der Waals surface area contributed by atoms with Crippen molar-refractivity contribution in [2.45, 2.75) is 26.6 Å². The molecule has 0 radical (unpaired) electrons. The van der Waals surface area contributed by atoms with Crippen molar-refractivity contribution in [2.24, 2.45) is 0 Å². The number of benzene rings is 2. The van der Waals surface area contributed by atoms with Gasteiger partial charge in [-0.25, -0.2) is 4.79 Å². The molecule has 8 heteroatoms. The third-order valence-corrected chi connectivity index (χ3v) is 4.59. The fourth-order valence-corrected chi connectivity index (χ4v) is 3.36. The minimum atomic E-state index is -2.92. The summed E-state index contributed by atoms with van der Waals surface area (Å²) in [5.74, 6) is -0.0664. The summed E-state index contributed by atoms with van der Waals surface area (Å²) in [6.07, 6.45) is 0. The molecular weight excluding hydrogens is 396 g/mol. The molecule has 1 aromatic heterocycles. The molecule has 0 spiro atoms. The van der Waals surface area contributed by atoms with E-state index >= 15 is 0 Å². The first-order valence-electron chi connectivity index (χ1n) is 9.53. The summed E-state index contributed by atoms with van der Waals surface area (Å²) in [4.78, 5) is 13.4. The fourth-order valence-electron chi connectivity index (χ4n) is 3.36. The van der Waals surface area contributed by atoms with Gasteiger partial charge in [0.2, 0.25) is 5.76 Å². The Morgan fingerprint density at radius 2 is 1.90 bits per heavy atom. The first-order chi connectivity index (χ1) is 14.4. The summed E-state index contributed by atoms with van der Waals surface area (Å²) < 4.78 is 45.6. The summed E-state index contributed by atoms with van der Waals surface area (Å²) in [5, 5.41) is 0.859. The van der Waals surface area contributed by atoms with Crippen molar-refractivity contribution in [1.82, 2.24) is 0 Å². The van der Waals surface area contributed by atoms with Crippen molar-refractivity contribution in [2.75, 3.05) is 20.8 Å². The minimum Gasteiger partial charge on any atom is -0.493 e. The number of ether oxygens (including phenoxy) is 3. The van der Waals surface area contributed by atoms with Crippen LogP contribution in [0.1, 0.15) is 28.6 Å². The highest BCUT2D eigenvalue weighted by atomic mass is 19.3. The average molecular weight is 420 g/mol. The van der Waals surface area contributed by atoms with Crippen LogP contribution in [0.3, 0.4) is 0 Å². The highest BCUT2D eigenvalue weighted by molar-refractivity contribution is 5.96. The van der Waals surface area contributed by atoms with Crippen LogP contribution in [0.4, 0.5) is 8.78 Å². The Hall–Kier alpha value is -3.13. The Balaban J connectivity index is 1.82. The molecule has 0 aliphatic carbocycles. The van der Waals surface area contributed by atoms with Gasteiger partial charge in [0, 0.05) is 10.9 Å². The third-order valence-electron chi connectivity index (χ3n) is 4.59. The van der Waals surface area contributed by atoms with Crippen LogP contribution in [-0.4, -0.2) is 33.3 Å². The number of hydrogen-bond donors (Lipinski definition) is 1. The van der Waals surface area contributed by atoms with Gasteiger partial charge in [0.1, 0.15) is 18.7 Å². The Morgan fingerprint density at radius 1 is 1.13 bits per heavy atom. The maximum absolute atomic E-state index is 12.5. The van der Waals surface area contributed by atoms with Gasteiger partial charge in [-0.05, 0) is 31.2 Å². The summed E-state index contributed by atoms with van der Waals surface area (Å²) in [6.45, 7) is 0.140. The number of methoxy groups -OCH3 is 1. The van der Waals surface area contributed by atoms with E-state index in [1.165, 1.54) is 13.2 Å². The molecule has 2 aromatic carbocycles. The molecule has 0 fully saturated rings. The summed E-state index contributed by atoms with van der Waals surface area (Å²) in [7, 11) is 3.37. The van der Waals surface area contributed by atoms with Crippen LogP contribution >= 0.6 is 0 Å². The van der Waals surface area contributed by atoms with Gasteiger partial charge < -0.3 is 23.5 Å². The van der Waals surface area contributed by atoms with Crippen molar-refractivity contribution in [3.05, 3.63) is 59.4 Å². The second kappa shape index (κ2) is 9.58. The molecule has 0 amide bonds.